The van der Waals surface area contributed by atoms with Gasteiger partial charge in [-0.25, -0.2) is 0 Å². The van der Waals surface area contributed by atoms with Crippen molar-refractivity contribution in [1.29, 1.82) is 0 Å². The van der Waals surface area contributed by atoms with Crippen molar-refractivity contribution in [3.05, 3.63) is 34.4 Å². The normalized spacial score (nSPS) is 22.3. The molecule has 0 spiro atoms. The minimum absolute atomic E-state index is 0.269. The molecule has 0 aliphatic heterocycles. The van der Waals surface area contributed by atoms with Crippen molar-refractivity contribution in [2.75, 3.05) is 0 Å². The van der Waals surface area contributed by atoms with E-state index >= 15 is 0 Å². The monoisotopic (exact) mass is 259 g/mol. The molecule has 0 radical (unpaired) electrons. The number of aryl methyl sites for hydroxylation is 3. The quantitative estimate of drug-likeness (QED) is 0.866. The third-order valence-electron chi connectivity index (χ3n) is 5.84. The summed E-state index contributed by atoms with van der Waals surface area (Å²) in [7, 11) is 0. The Morgan fingerprint density at radius 2 is 1.42 bits per heavy atom. The van der Waals surface area contributed by atoms with Crippen LogP contribution in [0.2, 0.25) is 0 Å². The molecule has 0 amide bonds. The summed E-state index contributed by atoms with van der Waals surface area (Å²) < 4.78 is 0. The zero-order chi connectivity index (χ0) is 14.6. The van der Waals surface area contributed by atoms with Crippen LogP contribution in [0, 0.1) is 37.5 Å². The molecule has 1 heteroatoms. The molecule has 1 aliphatic carbocycles. The van der Waals surface area contributed by atoms with Crippen molar-refractivity contribution in [2.45, 2.75) is 60.9 Å². The van der Waals surface area contributed by atoms with E-state index in [0.717, 1.165) is 6.42 Å². The molecule has 0 aromatic heterocycles. The predicted molar refractivity (Wildman–Crippen MR) is 83.4 cm³/mol. The van der Waals surface area contributed by atoms with Crippen LogP contribution in [0.4, 0.5) is 0 Å². The van der Waals surface area contributed by atoms with Crippen LogP contribution in [0.5, 0.6) is 0 Å². The third kappa shape index (κ3) is 2.23. The second-order valence-electron chi connectivity index (χ2n) is 7.67. The van der Waals surface area contributed by atoms with Crippen molar-refractivity contribution in [1.82, 2.24) is 0 Å². The summed E-state index contributed by atoms with van der Waals surface area (Å²) in [5.74, 6) is 0.625. The fraction of sp³-hybridized carbons (Fsp3) is 0.667. The van der Waals surface area contributed by atoms with Gasteiger partial charge in [0.2, 0.25) is 0 Å². The lowest BCUT2D eigenvalue weighted by Gasteiger charge is -2.18. The van der Waals surface area contributed by atoms with Gasteiger partial charge in [-0.1, -0.05) is 45.4 Å². The number of benzene rings is 1. The second kappa shape index (κ2) is 4.34. The van der Waals surface area contributed by atoms with Gasteiger partial charge < -0.3 is 5.73 Å². The molecule has 2 rings (SSSR count). The molecule has 1 nitrogen and oxygen atoms in total. The van der Waals surface area contributed by atoms with Gasteiger partial charge in [-0.05, 0) is 60.6 Å². The first-order valence-electron chi connectivity index (χ1n) is 7.41. The Hall–Kier alpha value is -0.820. The van der Waals surface area contributed by atoms with Crippen LogP contribution in [-0.2, 0) is 6.42 Å². The molecule has 0 heterocycles. The highest BCUT2D eigenvalue weighted by molar-refractivity contribution is 5.38. The lowest BCUT2D eigenvalue weighted by Crippen LogP contribution is -2.29. The van der Waals surface area contributed by atoms with E-state index in [2.05, 4.69) is 60.6 Å². The summed E-state index contributed by atoms with van der Waals surface area (Å²) in [4.78, 5) is 0. The van der Waals surface area contributed by atoms with E-state index in [0.29, 0.717) is 16.7 Å². The van der Waals surface area contributed by atoms with Crippen LogP contribution in [0.15, 0.2) is 12.1 Å². The lowest BCUT2D eigenvalue weighted by molar-refractivity contribution is 0.457. The third-order valence-corrected chi connectivity index (χ3v) is 5.84. The molecule has 2 N–H and O–H groups in total. The van der Waals surface area contributed by atoms with Gasteiger partial charge in [0, 0.05) is 6.04 Å². The van der Waals surface area contributed by atoms with Gasteiger partial charge in [-0.2, -0.15) is 0 Å². The molecule has 1 saturated carbocycles. The standard InChI is InChI=1S/C18H29N/c1-11-8-12(2)14(13(3)9-11)10-15(19)16-17(4,5)18(16,6)7/h8-9,15-16H,10,19H2,1-7H3. The Bertz CT molecular complexity index is 459. The van der Waals surface area contributed by atoms with Crippen LogP contribution in [0.3, 0.4) is 0 Å². The van der Waals surface area contributed by atoms with E-state index in [9.17, 15) is 0 Å². The summed E-state index contributed by atoms with van der Waals surface area (Å²) >= 11 is 0. The topological polar surface area (TPSA) is 26.0 Å². The fourth-order valence-corrected chi connectivity index (χ4v) is 4.20. The molecule has 1 unspecified atom stereocenters. The number of nitrogens with two attached hydrogens (primary N) is 1. The van der Waals surface area contributed by atoms with Crippen LogP contribution < -0.4 is 5.73 Å². The average Bonchev–Trinajstić information content (AvgIpc) is 2.63. The zero-order valence-corrected chi connectivity index (χ0v) is 13.6. The Kier molecular flexibility index (Phi) is 3.33. The Labute approximate surface area is 118 Å². The Morgan fingerprint density at radius 1 is 1.00 bits per heavy atom. The van der Waals surface area contributed by atoms with Gasteiger partial charge in [0.25, 0.3) is 0 Å². The average molecular weight is 259 g/mol. The highest BCUT2D eigenvalue weighted by Crippen LogP contribution is 2.69. The van der Waals surface area contributed by atoms with Gasteiger partial charge in [-0.3, -0.25) is 0 Å². The maximum absolute atomic E-state index is 6.54. The molecule has 1 aliphatic rings. The van der Waals surface area contributed by atoms with Crippen molar-refractivity contribution in [3.63, 3.8) is 0 Å². The van der Waals surface area contributed by atoms with E-state index in [1.807, 2.05) is 0 Å². The minimum Gasteiger partial charge on any atom is -0.327 e. The van der Waals surface area contributed by atoms with Crippen LogP contribution >= 0.6 is 0 Å². The first-order chi connectivity index (χ1) is 8.59. The molecule has 1 atom stereocenters. The second-order valence-corrected chi connectivity index (χ2v) is 7.67. The molecule has 19 heavy (non-hydrogen) atoms. The van der Waals surface area contributed by atoms with Crippen LogP contribution in [0.1, 0.15) is 49.9 Å². The SMILES string of the molecule is Cc1cc(C)c(CC(N)C2C(C)(C)C2(C)C)c(C)c1. The Balaban J connectivity index is 2.20. The summed E-state index contributed by atoms with van der Waals surface area (Å²) in [5, 5.41) is 0. The highest BCUT2D eigenvalue weighted by Gasteiger charge is 2.66. The molecule has 1 aromatic rings. The minimum atomic E-state index is 0.269. The summed E-state index contributed by atoms with van der Waals surface area (Å²) in [6.07, 6.45) is 1.01. The van der Waals surface area contributed by atoms with Gasteiger partial charge >= 0.3 is 0 Å². The summed E-state index contributed by atoms with van der Waals surface area (Å²) in [6, 6.07) is 4.82. The van der Waals surface area contributed by atoms with Crippen molar-refractivity contribution >= 4 is 0 Å². The van der Waals surface area contributed by atoms with E-state index in [1.165, 1.54) is 22.3 Å². The first-order valence-corrected chi connectivity index (χ1v) is 7.41. The van der Waals surface area contributed by atoms with E-state index < -0.39 is 0 Å². The molecule has 0 bridgehead atoms. The van der Waals surface area contributed by atoms with E-state index in [4.69, 9.17) is 5.73 Å². The highest BCUT2D eigenvalue weighted by atomic mass is 14.8. The Morgan fingerprint density at radius 3 is 1.79 bits per heavy atom. The molecule has 0 saturated heterocycles. The summed E-state index contributed by atoms with van der Waals surface area (Å²) in [6.45, 7) is 16.0. The van der Waals surface area contributed by atoms with Crippen molar-refractivity contribution in [2.24, 2.45) is 22.5 Å². The molecule has 1 aromatic carbocycles. The lowest BCUT2D eigenvalue weighted by atomic mass is 9.91. The van der Waals surface area contributed by atoms with Gasteiger partial charge in [-0.15, -0.1) is 0 Å². The van der Waals surface area contributed by atoms with Crippen molar-refractivity contribution < 1.29 is 0 Å². The zero-order valence-electron chi connectivity index (χ0n) is 13.6. The first kappa shape index (κ1) is 14.6. The number of rotatable bonds is 3. The largest absolute Gasteiger partial charge is 0.327 e. The molecular weight excluding hydrogens is 230 g/mol. The maximum Gasteiger partial charge on any atom is 0.0119 e. The number of hydrogen-bond acceptors (Lipinski definition) is 1. The van der Waals surface area contributed by atoms with Crippen molar-refractivity contribution in [3.8, 4) is 0 Å². The van der Waals surface area contributed by atoms with E-state index in [-0.39, 0.29) is 6.04 Å². The number of hydrogen-bond donors (Lipinski definition) is 1. The van der Waals surface area contributed by atoms with Gasteiger partial charge in [0.1, 0.15) is 0 Å². The van der Waals surface area contributed by atoms with Gasteiger partial charge in [0.05, 0.1) is 0 Å². The fourth-order valence-electron chi connectivity index (χ4n) is 4.20. The molecular formula is C18H29N. The molecule has 1 fully saturated rings. The predicted octanol–water partition coefficient (Wildman–Crippen LogP) is 4.16. The van der Waals surface area contributed by atoms with Crippen LogP contribution in [0.25, 0.3) is 0 Å². The smallest absolute Gasteiger partial charge is 0.0119 e. The molecule has 106 valence electrons. The van der Waals surface area contributed by atoms with E-state index in [1.54, 1.807) is 0 Å². The maximum atomic E-state index is 6.54. The van der Waals surface area contributed by atoms with Crippen LogP contribution in [-0.4, -0.2) is 6.04 Å². The van der Waals surface area contributed by atoms with Gasteiger partial charge in [0.15, 0.2) is 0 Å². The summed E-state index contributed by atoms with van der Waals surface area (Å²) in [5.41, 5.74) is 12.9.